The molecule has 202 valence electrons. The van der Waals surface area contributed by atoms with E-state index in [1.165, 1.54) is 43.5 Å². The number of carbonyl (C=O) groups is 2. The molecule has 0 unspecified atom stereocenters. The first kappa shape index (κ1) is 28.6. The average Bonchev–Trinajstić information content (AvgIpc) is 2.86. The quantitative estimate of drug-likeness (QED) is 0.396. The summed E-state index contributed by atoms with van der Waals surface area (Å²) in [5, 5.41) is 2.38. The number of methoxy groups -OCH3 is 1. The minimum Gasteiger partial charge on any atom is -0.497 e. The van der Waals surface area contributed by atoms with Crippen LogP contribution in [-0.4, -0.2) is 46.0 Å². The highest BCUT2D eigenvalue weighted by Crippen LogP contribution is 2.25. The molecule has 0 aliphatic carbocycles. The van der Waals surface area contributed by atoms with Gasteiger partial charge in [-0.05, 0) is 48.4 Å². The van der Waals surface area contributed by atoms with E-state index in [1.54, 1.807) is 49.4 Å². The summed E-state index contributed by atoms with van der Waals surface area (Å²) in [5.41, 5.74) is 1.21. The lowest BCUT2D eigenvalue weighted by molar-refractivity contribution is -0.121. The van der Waals surface area contributed by atoms with Crippen LogP contribution in [0.5, 0.6) is 5.75 Å². The van der Waals surface area contributed by atoms with Gasteiger partial charge < -0.3 is 15.0 Å². The van der Waals surface area contributed by atoms with Crippen LogP contribution in [0.2, 0.25) is 0 Å². The van der Waals surface area contributed by atoms with E-state index in [9.17, 15) is 26.8 Å². The molecule has 0 fully saturated rings. The second-order valence-electron chi connectivity index (χ2n) is 8.78. The second kappa shape index (κ2) is 12.0. The molecule has 0 bridgehead atoms. The summed E-state index contributed by atoms with van der Waals surface area (Å²) in [5.74, 6) is -3.64. The number of amides is 3. The Bertz CT molecular complexity index is 1360. The average molecular weight is 546 g/mol. The van der Waals surface area contributed by atoms with E-state index >= 15 is 0 Å². The van der Waals surface area contributed by atoms with E-state index < -0.39 is 40.5 Å². The summed E-state index contributed by atoms with van der Waals surface area (Å²) in [7, 11) is -2.82. The maximum Gasteiger partial charge on any atom is 0.329 e. The molecule has 2 N–H and O–H groups in total. The number of rotatable bonds is 10. The number of benzene rings is 3. The molecule has 0 heterocycles. The predicted octanol–water partition coefficient (Wildman–Crippen LogP) is 4.29. The lowest BCUT2D eigenvalue weighted by Crippen LogP contribution is -2.54. The number of carbonyl (C=O) groups excluding carboxylic acids is 2. The molecule has 0 aliphatic rings. The van der Waals surface area contributed by atoms with Gasteiger partial charge in [0.05, 0.1) is 18.6 Å². The van der Waals surface area contributed by atoms with E-state index in [1.807, 2.05) is 4.72 Å². The van der Waals surface area contributed by atoms with Crippen molar-refractivity contribution in [3.63, 3.8) is 0 Å². The molecule has 11 heteroatoms. The highest BCUT2D eigenvalue weighted by molar-refractivity contribution is 7.90. The molecule has 1 atom stereocenters. The Kier molecular flexibility index (Phi) is 9.05. The number of sulfonamides is 1. The third kappa shape index (κ3) is 7.75. The van der Waals surface area contributed by atoms with Crippen LogP contribution in [0.1, 0.15) is 18.1 Å². The Hall–Kier alpha value is -3.99. The summed E-state index contributed by atoms with van der Waals surface area (Å²) in [4.78, 5) is 27.3. The first-order chi connectivity index (χ1) is 17.9. The smallest absolute Gasteiger partial charge is 0.329 e. The van der Waals surface area contributed by atoms with Gasteiger partial charge in [-0.15, -0.1) is 0 Å². The van der Waals surface area contributed by atoms with Crippen LogP contribution in [0.4, 0.5) is 19.3 Å². The summed E-state index contributed by atoms with van der Waals surface area (Å²) in [6.07, 6.45) is -0.0700. The fourth-order valence-corrected chi connectivity index (χ4v) is 4.96. The Morgan fingerprint density at radius 3 is 2.16 bits per heavy atom. The van der Waals surface area contributed by atoms with Gasteiger partial charge in [0.1, 0.15) is 11.8 Å². The lowest BCUT2D eigenvalue weighted by Gasteiger charge is -2.30. The summed E-state index contributed by atoms with van der Waals surface area (Å²) < 4.78 is 61.0. The highest BCUT2D eigenvalue weighted by atomic mass is 32.2. The molecule has 8 nitrogen and oxygen atoms in total. The summed E-state index contributed by atoms with van der Waals surface area (Å²) >= 11 is 0. The van der Waals surface area contributed by atoms with E-state index in [4.69, 9.17) is 4.74 Å². The first-order valence-electron chi connectivity index (χ1n) is 11.7. The molecule has 0 radical (unpaired) electrons. The number of alkyl halides is 2. The van der Waals surface area contributed by atoms with Crippen molar-refractivity contribution >= 4 is 27.6 Å². The lowest BCUT2D eigenvalue weighted by atomic mass is 10.0. The summed E-state index contributed by atoms with van der Waals surface area (Å²) in [6.45, 7) is 1.29. The Balaban J connectivity index is 1.93. The van der Waals surface area contributed by atoms with Crippen LogP contribution < -0.4 is 19.7 Å². The fraction of sp³-hybridized carbons (Fsp3) is 0.259. The first-order valence-corrected chi connectivity index (χ1v) is 13.1. The number of nitrogens with zero attached hydrogens (tertiary/aromatic N) is 1. The van der Waals surface area contributed by atoms with Crippen molar-refractivity contribution in [2.45, 2.75) is 37.1 Å². The number of ether oxygens (including phenoxy) is 1. The van der Waals surface area contributed by atoms with Crippen molar-refractivity contribution in [2.75, 3.05) is 18.6 Å². The number of anilines is 1. The van der Waals surface area contributed by atoms with E-state index in [0.717, 1.165) is 4.90 Å². The van der Waals surface area contributed by atoms with Crippen molar-refractivity contribution in [3.05, 3.63) is 90.0 Å². The van der Waals surface area contributed by atoms with E-state index in [0.29, 0.717) is 23.8 Å². The zero-order chi connectivity index (χ0) is 27.9. The summed E-state index contributed by atoms with van der Waals surface area (Å²) in [6, 6.07) is 18.1. The van der Waals surface area contributed by atoms with E-state index in [2.05, 4.69) is 5.32 Å². The van der Waals surface area contributed by atoms with Crippen molar-refractivity contribution in [1.82, 2.24) is 10.0 Å². The third-order valence-corrected chi connectivity index (χ3v) is 7.07. The number of aryl methyl sites for hydroxylation is 1. The zero-order valence-corrected chi connectivity index (χ0v) is 22.0. The van der Waals surface area contributed by atoms with Crippen LogP contribution in [0.25, 0.3) is 0 Å². The molecular weight excluding hydrogens is 516 g/mol. The molecular formula is C27H29F2N3O5S. The van der Waals surface area contributed by atoms with Gasteiger partial charge in [-0.2, -0.15) is 0 Å². The molecule has 3 rings (SSSR count). The normalized spacial score (nSPS) is 12.3. The van der Waals surface area contributed by atoms with Crippen molar-refractivity contribution in [2.24, 2.45) is 0 Å². The maximum atomic E-state index is 14.2. The molecule has 0 aromatic heterocycles. The van der Waals surface area contributed by atoms with Crippen LogP contribution in [0, 0.1) is 6.92 Å². The van der Waals surface area contributed by atoms with Crippen LogP contribution in [0.3, 0.4) is 0 Å². The topological polar surface area (TPSA) is 105 Å². The number of halogens is 2. The van der Waals surface area contributed by atoms with Crippen LogP contribution >= 0.6 is 0 Å². The van der Waals surface area contributed by atoms with Gasteiger partial charge in [0.15, 0.2) is 0 Å². The van der Waals surface area contributed by atoms with E-state index in [-0.39, 0.29) is 17.0 Å². The van der Waals surface area contributed by atoms with Gasteiger partial charge in [-0.25, -0.2) is 26.7 Å². The molecule has 0 saturated heterocycles. The molecule has 3 aromatic carbocycles. The Labute approximate surface area is 220 Å². The van der Waals surface area contributed by atoms with Gasteiger partial charge in [0.2, 0.25) is 5.91 Å². The minimum absolute atomic E-state index is 0.0700. The van der Waals surface area contributed by atoms with Crippen molar-refractivity contribution in [3.8, 4) is 5.75 Å². The van der Waals surface area contributed by atoms with Crippen molar-refractivity contribution in [1.29, 1.82) is 0 Å². The third-order valence-electron chi connectivity index (χ3n) is 5.58. The minimum atomic E-state index is -4.26. The Morgan fingerprint density at radius 1 is 0.974 bits per heavy atom. The largest absolute Gasteiger partial charge is 0.497 e. The highest BCUT2D eigenvalue weighted by Gasteiger charge is 2.34. The number of hydrogen-bond donors (Lipinski definition) is 2. The predicted molar refractivity (Wildman–Crippen MR) is 140 cm³/mol. The molecule has 0 spiro atoms. The monoisotopic (exact) mass is 545 g/mol. The molecule has 3 aromatic rings. The molecule has 0 saturated carbocycles. The SMILES string of the molecule is COc1ccc(N(CC(C)(F)F)C(=O)[C@H](Cc2ccccc2)NC(=O)NS(=O)(=O)c2ccccc2C)cc1. The maximum absolute atomic E-state index is 14.2. The standard InChI is InChI=1S/C27H29F2N3O5S/c1-19-9-7-8-12-24(19)38(35,36)31-26(34)30-23(17-20-10-5-4-6-11-20)25(33)32(18-27(2,28)29)21-13-15-22(37-3)16-14-21/h4-16,23H,17-18H2,1-3H3,(H2,30,31,34)/t23-/m0/s1. The number of nitrogens with one attached hydrogen (secondary N) is 2. The number of urea groups is 1. The van der Waals surface area contributed by atoms with Gasteiger partial charge >= 0.3 is 6.03 Å². The molecule has 38 heavy (non-hydrogen) atoms. The van der Waals surface area contributed by atoms with Gasteiger partial charge in [-0.3, -0.25) is 4.79 Å². The molecule has 0 aliphatic heterocycles. The number of hydrogen-bond acceptors (Lipinski definition) is 5. The molecule has 3 amide bonds. The van der Waals surface area contributed by atoms with Gasteiger partial charge in [0.25, 0.3) is 15.9 Å². The second-order valence-corrected chi connectivity index (χ2v) is 10.4. The Morgan fingerprint density at radius 2 is 1.58 bits per heavy atom. The zero-order valence-electron chi connectivity index (χ0n) is 21.1. The van der Waals surface area contributed by atoms with Gasteiger partial charge in [0, 0.05) is 19.0 Å². The van der Waals surface area contributed by atoms with Crippen LogP contribution in [-0.2, 0) is 21.2 Å². The fourth-order valence-electron chi connectivity index (χ4n) is 3.80. The van der Waals surface area contributed by atoms with Crippen LogP contribution in [0.15, 0.2) is 83.8 Å². The van der Waals surface area contributed by atoms with Gasteiger partial charge in [-0.1, -0.05) is 48.5 Å². The van der Waals surface area contributed by atoms with Crippen molar-refractivity contribution < 1.29 is 31.5 Å².